The molecule has 1 fully saturated rings. The van der Waals surface area contributed by atoms with Crippen molar-refractivity contribution in [3.8, 4) is 0 Å². The average Bonchev–Trinajstić information content (AvgIpc) is 2.83. The Kier molecular flexibility index (Phi) is 3.09. The number of H-pyrrole nitrogens is 1. The zero-order valence-electron chi connectivity index (χ0n) is 11.7. The summed E-state index contributed by atoms with van der Waals surface area (Å²) in [5, 5.41) is 3.32. The second-order valence-corrected chi connectivity index (χ2v) is 6.49. The van der Waals surface area contributed by atoms with Gasteiger partial charge in [-0.1, -0.05) is 13.8 Å². The minimum atomic E-state index is -0.107. The largest absolute Gasteiger partial charge is 0.347 e. The van der Waals surface area contributed by atoms with Crippen LogP contribution in [-0.4, -0.2) is 39.9 Å². The lowest BCUT2D eigenvalue weighted by Crippen LogP contribution is -2.53. The van der Waals surface area contributed by atoms with Crippen molar-refractivity contribution >= 4 is 5.91 Å². The Morgan fingerprint density at radius 2 is 2.37 bits per heavy atom. The summed E-state index contributed by atoms with van der Waals surface area (Å²) >= 11 is 0. The van der Waals surface area contributed by atoms with Crippen molar-refractivity contribution in [3.05, 3.63) is 17.7 Å². The van der Waals surface area contributed by atoms with E-state index in [1.807, 2.05) is 4.90 Å². The van der Waals surface area contributed by atoms with Gasteiger partial charge in [-0.2, -0.15) is 0 Å². The SMILES string of the molecule is CC1(C)CCCN(C(=O)C2Cc3nc[nH]c3CN2)C1. The minimum absolute atomic E-state index is 0.107. The lowest BCUT2D eigenvalue weighted by Gasteiger charge is -2.40. The Balaban J connectivity index is 1.68. The monoisotopic (exact) mass is 262 g/mol. The van der Waals surface area contributed by atoms with Crippen LogP contribution < -0.4 is 5.32 Å². The fraction of sp³-hybridized carbons (Fsp3) is 0.714. The first kappa shape index (κ1) is 12.7. The van der Waals surface area contributed by atoms with Crippen LogP contribution in [0.1, 0.15) is 38.1 Å². The highest BCUT2D eigenvalue weighted by molar-refractivity contribution is 5.82. The molecule has 5 nitrogen and oxygen atoms in total. The molecular formula is C14H22N4O. The van der Waals surface area contributed by atoms with Crippen LogP contribution in [0.5, 0.6) is 0 Å². The summed E-state index contributed by atoms with van der Waals surface area (Å²) < 4.78 is 0. The smallest absolute Gasteiger partial charge is 0.240 e. The van der Waals surface area contributed by atoms with Gasteiger partial charge in [0.1, 0.15) is 0 Å². The molecule has 2 aliphatic heterocycles. The Morgan fingerprint density at radius 3 is 3.16 bits per heavy atom. The van der Waals surface area contributed by atoms with Crippen molar-refractivity contribution in [1.29, 1.82) is 0 Å². The van der Waals surface area contributed by atoms with E-state index in [0.29, 0.717) is 13.0 Å². The van der Waals surface area contributed by atoms with Crippen molar-refractivity contribution in [3.63, 3.8) is 0 Å². The number of amides is 1. The van der Waals surface area contributed by atoms with Crippen molar-refractivity contribution in [1.82, 2.24) is 20.2 Å². The maximum atomic E-state index is 12.6. The van der Waals surface area contributed by atoms with E-state index in [0.717, 1.165) is 30.9 Å². The van der Waals surface area contributed by atoms with E-state index in [4.69, 9.17) is 0 Å². The number of hydrogen-bond acceptors (Lipinski definition) is 3. The van der Waals surface area contributed by atoms with Crippen LogP contribution in [0, 0.1) is 5.41 Å². The molecule has 1 atom stereocenters. The normalized spacial score (nSPS) is 26.0. The highest BCUT2D eigenvalue weighted by Crippen LogP contribution is 2.29. The standard InChI is InChI=1S/C14H22N4O/c1-14(2)4-3-5-18(8-14)13(19)11-6-10-12(7-15-11)17-9-16-10/h9,11,15H,3-8H2,1-2H3,(H,16,17). The van der Waals surface area contributed by atoms with E-state index in [-0.39, 0.29) is 17.4 Å². The van der Waals surface area contributed by atoms with Gasteiger partial charge in [-0.25, -0.2) is 4.98 Å². The van der Waals surface area contributed by atoms with Gasteiger partial charge in [-0.3, -0.25) is 10.1 Å². The molecule has 19 heavy (non-hydrogen) atoms. The molecule has 5 heteroatoms. The predicted octanol–water partition coefficient (Wildman–Crippen LogP) is 1.07. The van der Waals surface area contributed by atoms with Crippen LogP contribution in [0.2, 0.25) is 0 Å². The molecule has 0 aliphatic carbocycles. The molecule has 3 heterocycles. The molecule has 1 unspecified atom stereocenters. The quantitative estimate of drug-likeness (QED) is 0.796. The molecule has 1 saturated heterocycles. The molecule has 0 saturated carbocycles. The van der Waals surface area contributed by atoms with Crippen LogP contribution in [0.3, 0.4) is 0 Å². The number of carbonyl (C=O) groups excluding carboxylic acids is 1. The first-order chi connectivity index (χ1) is 9.05. The van der Waals surface area contributed by atoms with Crippen LogP contribution in [0.25, 0.3) is 0 Å². The van der Waals surface area contributed by atoms with E-state index < -0.39 is 0 Å². The molecule has 1 amide bonds. The number of carbonyl (C=O) groups is 1. The molecule has 2 aliphatic rings. The highest BCUT2D eigenvalue weighted by atomic mass is 16.2. The number of nitrogens with zero attached hydrogens (tertiary/aromatic N) is 2. The third-order valence-electron chi connectivity index (χ3n) is 4.24. The molecule has 1 aromatic heterocycles. The molecule has 2 N–H and O–H groups in total. The zero-order chi connectivity index (χ0) is 13.5. The summed E-state index contributed by atoms with van der Waals surface area (Å²) in [6, 6.07) is -0.107. The first-order valence-corrected chi connectivity index (χ1v) is 7.08. The van der Waals surface area contributed by atoms with Gasteiger partial charge >= 0.3 is 0 Å². The second kappa shape index (κ2) is 4.63. The molecular weight excluding hydrogens is 240 g/mol. The van der Waals surface area contributed by atoms with Gasteiger partial charge < -0.3 is 9.88 Å². The molecule has 0 radical (unpaired) electrons. The second-order valence-electron chi connectivity index (χ2n) is 6.49. The number of nitrogens with one attached hydrogen (secondary N) is 2. The molecule has 0 spiro atoms. The van der Waals surface area contributed by atoms with Gasteiger partial charge in [0.05, 0.1) is 23.8 Å². The van der Waals surface area contributed by atoms with Crippen LogP contribution >= 0.6 is 0 Å². The first-order valence-electron chi connectivity index (χ1n) is 7.08. The molecule has 0 aromatic carbocycles. The summed E-state index contributed by atoms with van der Waals surface area (Å²) in [4.78, 5) is 22.0. The number of aromatic nitrogens is 2. The Labute approximate surface area is 113 Å². The summed E-state index contributed by atoms with van der Waals surface area (Å²) in [5.74, 6) is 0.237. The van der Waals surface area contributed by atoms with Crippen LogP contribution in [-0.2, 0) is 17.8 Å². The topological polar surface area (TPSA) is 61.0 Å². The number of imidazole rings is 1. The summed E-state index contributed by atoms with van der Waals surface area (Å²) in [6.45, 7) is 6.97. The maximum Gasteiger partial charge on any atom is 0.240 e. The molecule has 1 aromatic rings. The zero-order valence-corrected chi connectivity index (χ0v) is 11.7. The number of rotatable bonds is 1. The van der Waals surface area contributed by atoms with Gasteiger partial charge in [-0.15, -0.1) is 0 Å². The Bertz CT molecular complexity index is 480. The van der Waals surface area contributed by atoms with Gasteiger partial charge in [0.15, 0.2) is 0 Å². The summed E-state index contributed by atoms with van der Waals surface area (Å²) in [6.07, 6.45) is 4.73. The number of piperidine rings is 1. The van der Waals surface area contributed by atoms with Crippen molar-refractivity contribution in [2.75, 3.05) is 13.1 Å². The number of fused-ring (bicyclic) bond motifs is 1. The third-order valence-corrected chi connectivity index (χ3v) is 4.24. The lowest BCUT2D eigenvalue weighted by atomic mass is 9.84. The molecule has 0 bridgehead atoms. The van der Waals surface area contributed by atoms with Crippen LogP contribution in [0.4, 0.5) is 0 Å². The van der Waals surface area contributed by atoms with Crippen molar-refractivity contribution in [2.45, 2.75) is 45.7 Å². The lowest BCUT2D eigenvalue weighted by molar-refractivity contribution is -0.136. The van der Waals surface area contributed by atoms with E-state index in [1.165, 1.54) is 6.42 Å². The van der Waals surface area contributed by atoms with Crippen molar-refractivity contribution < 1.29 is 4.79 Å². The number of aromatic amines is 1. The number of hydrogen-bond donors (Lipinski definition) is 2. The average molecular weight is 262 g/mol. The van der Waals surface area contributed by atoms with E-state index >= 15 is 0 Å². The predicted molar refractivity (Wildman–Crippen MR) is 72.5 cm³/mol. The minimum Gasteiger partial charge on any atom is -0.347 e. The highest BCUT2D eigenvalue weighted by Gasteiger charge is 2.34. The number of likely N-dealkylation sites (tertiary alicyclic amines) is 1. The Hall–Kier alpha value is -1.36. The Morgan fingerprint density at radius 1 is 1.53 bits per heavy atom. The van der Waals surface area contributed by atoms with Crippen LogP contribution in [0.15, 0.2) is 6.33 Å². The summed E-state index contributed by atoms with van der Waals surface area (Å²) in [5.41, 5.74) is 2.40. The molecule has 3 rings (SSSR count). The summed E-state index contributed by atoms with van der Waals surface area (Å²) in [7, 11) is 0. The van der Waals surface area contributed by atoms with Gasteiger partial charge in [0.2, 0.25) is 5.91 Å². The van der Waals surface area contributed by atoms with E-state index in [1.54, 1.807) is 6.33 Å². The fourth-order valence-corrected chi connectivity index (χ4v) is 3.18. The van der Waals surface area contributed by atoms with Gasteiger partial charge in [-0.05, 0) is 18.3 Å². The molecule has 104 valence electrons. The fourth-order valence-electron chi connectivity index (χ4n) is 3.18. The van der Waals surface area contributed by atoms with E-state index in [2.05, 4.69) is 29.1 Å². The van der Waals surface area contributed by atoms with Gasteiger partial charge in [0, 0.05) is 26.1 Å². The van der Waals surface area contributed by atoms with Crippen molar-refractivity contribution in [2.24, 2.45) is 5.41 Å². The third kappa shape index (κ3) is 2.52. The van der Waals surface area contributed by atoms with Gasteiger partial charge in [0.25, 0.3) is 0 Å². The van der Waals surface area contributed by atoms with E-state index in [9.17, 15) is 4.79 Å². The maximum absolute atomic E-state index is 12.6.